The van der Waals surface area contributed by atoms with Crippen molar-refractivity contribution < 1.29 is 36.6 Å². The van der Waals surface area contributed by atoms with Gasteiger partial charge < -0.3 is 15.3 Å². The van der Waals surface area contributed by atoms with Gasteiger partial charge >= 0.3 is 0 Å². The Morgan fingerprint density at radius 1 is 0.923 bits per heavy atom. The zero-order chi connectivity index (χ0) is 20.0. The number of hydrogen-bond acceptors (Lipinski definition) is 3. The largest absolute Gasteiger partial charge is 0.394 e. The van der Waals surface area contributed by atoms with Gasteiger partial charge in [0.25, 0.3) is 5.91 Å². The van der Waals surface area contributed by atoms with E-state index in [4.69, 9.17) is 0 Å². The lowest BCUT2D eigenvalue weighted by atomic mass is 10.1. The zero-order valence-corrected chi connectivity index (χ0v) is 14.2. The summed E-state index contributed by atoms with van der Waals surface area (Å²) in [6.07, 6.45) is 1.16. The molecule has 1 aromatic rings. The molecule has 1 aromatic carbocycles. The molecule has 10 heteroatoms. The van der Waals surface area contributed by atoms with Crippen molar-refractivity contribution in [2.24, 2.45) is 0 Å². The van der Waals surface area contributed by atoms with E-state index in [1.165, 1.54) is 4.90 Å². The number of amides is 2. The summed E-state index contributed by atoms with van der Waals surface area (Å²) in [5, 5.41) is 11.1. The van der Waals surface area contributed by atoms with Crippen molar-refractivity contribution in [3.8, 4) is 0 Å². The van der Waals surface area contributed by atoms with Gasteiger partial charge in [0, 0.05) is 13.1 Å². The fourth-order valence-corrected chi connectivity index (χ4v) is 2.31. The highest BCUT2D eigenvalue weighted by Crippen LogP contribution is 2.23. The number of aliphatic hydroxyl groups is 1. The van der Waals surface area contributed by atoms with Gasteiger partial charge in [0.15, 0.2) is 23.3 Å². The second-order valence-corrected chi connectivity index (χ2v) is 5.48. The lowest BCUT2D eigenvalue weighted by Gasteiger charge is -2.26. The monoisotopic (exact) mass is 382 g/mol. The van der Waals surface area contributed by atoms with Crippen molar-refractivity contribution in [3.63, 3.8) is 0 Å². The minimum Gasteiger partial charge on any atom is -0.394 e. The molecule has 2 amide bonds. The van der Waals surface area contributed by atoms with Crippen molar-refractivity contribution in [3.05, 3.63) is 34.6 Å². The number of halogens is 5. The Balaban J connectivity index is 3.13. The molecule has 0 bridgehead atoms. The molecule has 146 valence electrons. The molecule has 0 saturated carbocycles. The van der Waals surface area contributed by atoms with Gasteiger partial charge in [-0.2, -0.15) is 0 Å². The van der Waals surface area contributed by atoms with Crippen LogP contribution in [0.1, 0.15) is 37.0 Å². The average Bonchev–Trinajstić information content (AvgIpc) is 2.62. The number of benzene rings is 1. The van der Waals surface area contributed by atoms with Crippen LogP contribution in [0, 0.1) is 29.1 Å². The van der Waals surface area contributed by atoms with E-state index in [9.17, 15) is 36.6 Å². The Morgan fingerprint density at radius 3 is 1.73 bits per heavy atom. The van der Waals surface area contributed by atoms with Crippen molar-refractivity contribution in [1.82, 2.24) is 10.2 Å². The molecule has 0 spiro atoms. The maximum atomic E-state index is 13.7. The number of rotatable bonds is 8. The van der Waals surface area contributed by atoms with E-state index in [2.05, 4.69) is 0 Å². The minimum absolute atomic E-state index is 0.307. The SMILES string of the molecule is CCCN(CCC)C(=O)C(CO)NC(=O)c1c(F)c(F)c(F)c(F)c1F. The number of carbonyl (C=O) groups excluding carboxylic acids is 2. The topological polar surface area (TPSA) is 69.6 Å². The van der Waals surface area contributed by atoms with Crippen LogP contribution in [0.3, 0.4) is 0 Å². The quantitative estimate of drug-likeness (QED) is 0.411. The average molecular weight is 382 g/mol. The van der Waals surface area contributed by atoms with Gasteiger partial charge in [-0.25, -0.2) is 22.0 Å². The second kappa shape index (κ2) is 9.46. The standard InChI is InChI=1S/C16H19F5N2O3/c1-3-5-23(6-4-2)16(26)8(7-24)22-15(25)9-10(17)12(19)14(21)13(20)11(9)18/h8,24H,3-7H2,1-2H3,(H,22,25). The highest BCUT2D eigenvalue weighted by Gasteiger charge is 2.32. The molecule has 5 nitrogen and oxygen atoms in total. The van der Waals surface area contributed by atoms with Crippen LogP contribution < -0.4 is 5.32 Å². The third-order valence-electron chi connectivity index (χ3n) is 3.52. The summed E-state index contributed by atoms with van der Waals surface area (Å²) in [6, 6.07) is -1.59. The summed E-state index contributed by atoms with van der Waals surface area (Å²) in [7, 11) is 0. The van der Waals surface area contributed by atoms with Gasteiger partial charge in [0.1, 0.15) is 11.6 Å². The van der Waals surface area contributed by atoms with Crippen molar-refractivity contribution >= 4 is 11.8 Å². The highest BCUT2D eigenvalue weighted by molar-refractivity contribution is 5.98. The van der Waals surface area contributed by atoms with Crippen LogP contribution in [0.4, 0.5) is 22.0 Å². The van der Waals surface area contributed by atoms with E-state index in [1.54, 1.807) is 13.8 Å². The first-order chi connectivity index (χ1) is 12.2. The van der Waals surface area contributed by atoms with Crippen LogP contribution in [-0.2, 0) is 4.79 Å². The minimum atomic E-state index is -2.40. The fourth-order valence-electron chi connectivity index (χ4n) is 2.31. The first-order valence-corrected chi connectivity index (χ1v) is 7.93. The number of nitrogens with one attached hydrogen (secondary N) is 1. The Hall–Kier alpha value is -2.23. The molecule has 0 radical (unpaired) electrons. The Morgan fingerprint density at radius 2 is 1.35 bits per heavy atom. The van der Waals surface area contributed by atoms with Gasteiger partial charge in [-0.05, 0) is 12.8 Å². The van der Waals surface area contributed by atoms with Gasteiger partial charge in [-0.3, -0.25) is 9.59 Å². The van der Waals surface area contributed by atoms with E-state index in [1.807, 2.05) is 5.32 Å². The molecule has 0 aliphatic rings. The van der Waals surface area contributed by atoms with E-state index in [0.717, 1.165) is 0 Å². The van der Waals surface area contributed by atoms with E-state index >= 15 is 0 Å². The van der Waals surface area contributed by atoms with E-state index in [-0.39, 0.29) is 0 Å². The molecule has 1 atom stereocenters. The number of hydrogen-bond donors (Lipinski definition) is 2. The summed E-state index contributed by atoms with van der Waals surface area (Å²) >= 11 is 0. The second-order valence-electron chi connectivity index (χ2n) is 5.48. The summed E-state index contributed by atoms with van der Waals surface area (Å²) in [5.41, 5.74) is -1.72. The fraction of sp³-hybridized carbons (Fsp3) is 0.500. The van der Waals surface area contributed by atoms with Crippen molar-refractivity contribution in [1.29, 1.82) is 0 Å². The van der Waals surface area contributed by atoms with Gasteiger partial charge in [0.05, 0.1) is 6.61 Å². The first kappa shape index (κ1) is 21.8. The van der Waals surface area contributed by atoms with E-state index < -0.39 is 59.1 Å². The van der Waals surface area contributed by atoms with Crippen LogP contribution in [0.15, 0.2) is 0 Å². The van der Waals surface area contributed by atoms with E-state index in [0.29, 0.717) is 25.9 Å². The summed E-state index contributed by atoms with van der Waals surface area (Å²) < 4.78 is 66.8. The molecule has 0 heterocycles. The molecule has 0 aromatic heterocycles. The molecule has 0 aliphatic carbocycles. The molecule has 2 N–H and O–H groups in total. The zero-order valence-electron chi connectivity index (χ0n) is 14.2. The van der Waals surface area contributed by atoms with Crippen LogP contribution in [-0.4, -0.2) is 47.6 Å². The molecule has 0 fully saturated rings. The van der Waals surface area contributed by atoms with Gasteiger partial charge in [-0.15, -0.1) is 0 Å². The molecule has 1 rings (SSSR count). The third-order valence-corrected chi connectivity index (χ3v) is 3.52. The molecule has 0 aliphatic heterocycles. The predicted octanol–water partition coefficient (Wildman–Crippen LogP) is 2.12. The number of carbonyl (C=O) groups is 2. The predicted molar refractivity (Wildman–Crippen MR) is 81.7 cm³/mol. The van der Waals surface area contributed by atoms with Gasteiger partial charge in [0.2, 0.25) is 11.7 Å². The summed E-state index contributed by atoms with van der Waals surface area (Å²) in [6.45, 7) is 3.28. The maximum Gasteiger partial charge on any atom is 0.258 e. The van der Waals surface area contributed by atoms with Crippen LogP contribution in [0.2, 0.25) is 0 Å². The molecule has 26 heavy (non-hydrogen) atoms. The Labute approximate surface area is 146 Å². The Bertz CT molecular complexity index is 649. The highest BCUT2D eigenvalue weighted by atomic mass is 19.2. The summed E-state index contributed by atoms with van der Waals surface area (Å²) in [5.74, 6) is -14.0. The molecular formula is C16H19F5N2O3. The third kappa shape index (κ3) is 4.48. The maximum absolute atomic E-state index is 13.7. The number of nitrogens with zero attached hydrogens (tertiary/aromatic N) is 1. The Kier molecular flexibility index (Phi) is 7.94. The lowest BCUT2D eigenvalue weighted by molar-refractivity contribution is -0.134. The van der Waals surface area contributed by atoms with Crippen LogP contribution >= 0.6 is 0 Å². The normalized spacial score (nSPS) is 12.0. The number of aliphatic hydroxyl groups excluding tert-OH is 1. The molecule has 0 saturated heterocycles. The van der Waals surface area contributed by atoms with Crippen molar-refractivity contribution in [2.45, 2.75) is 32.7 Å². The van der Waals surface area contributed by atoms with Crippen molar-refractivity contribution in [2.75, 3.05) is 19.7 Å². The van der Waals surface area contributed by atoms with Crippen LogP contribution in [0.25, 0.3) is 0 Å². The molecular weight excluding hydrogens is 363 g/mol. The van der Waals surface area contributed by atoms with Gasteiger partial charge in [-0.1, -0.05) is 13.8 Å². The first-order valence-electron chi connectivity index (χ1n) is 7.93. The van der Waals surface area contributed by atoms with Crippen LogP contribution in [0.5, 0.6) is 0 Å². The smallest absolute Gasteiger partial charge is 0.258 e. The summed E-state index contributed by atoms with van der Waals surface area (Å²) in [4.78, 5) is 25.6. The molecule has 1 unspecified atom stereocenters. The lowest BCUT2D eigenvalue weighted by Crippen LogP contribution is -2.51.